The quantitative estimate of drug-likeness (QED) is 0.123. The van der Waals surface area contributed by atoms with Crippen LogP contribution in [0.2, 0.25) is 0 Å². The zero-order valence-electron chi connectivity index (χ0n) is 26.6. The number of benzene rings is 5. The largest absolute Gasteiger partial charge is 0.374 e. The van der Waals surface area contributed by atoms with Crippen molar-refractivity contribution in [1.82, 2.24) is 0 Å². The fourth-order valence-corrected chi connectivity index (χ4v) is 5.90. The molecule has 0 aromatic heterocycles. The lowest BCUT2D eigenvalue weighted by Crippen LogP contribution is -2.58. The van der Waals surface area contributed by atoms with Crippen LogP contribution in [0.1, 0.15) is 39.5 Å². The highest BCUT2D eigenvalue weighted by molar-refractivity contribution is 5.28. The van der Waals surface area contributed by atoms with Crippen molar-refractivity contribution in [1.29, 1.82) is 0 Å². The predicted octanol–water partition coefficient (Wildman–Crippen LogP) is 8.55. The molecule has 1 aliphatic heterocycles. The summed E-state index contributed by atoms with van der Waals surface area (Å²) >= 11 is 0. The van der Waals surface area contributed by atoms with Crippen molar-refractivity contribution in [2.24, 2.45) is 0 Å². The molecule has 5 nitrogen and oxygen atoms in total. The Morgan fingerprint density at radius 3 is 1.47 bits per heavy atom. The molecular formula is C41H41FO5. The highest BCUT2D eigenvalue weighted by Crippen LogP contribution is 2.39. The van der Waals surface area contributed by atoms with Crippen LogP contribution < -0.4 is 0 Å². The van der Waals surface area contributed by atoms with Crippen molar-refractivity contribution in [3.63, 3.8) is 0 Å². The second-order valence-electron chi connectivity index (χ2n) is 11.9. The van der Waals surface area contributed by atoms with E-state index in [4.69, 9.17) is 23.7 Å². The molecule has 242 valence electrons. The summed E-state index contributed by atoms with van der Waals surface area (Å²) in [6.45, 7) is 3.52. The van der Waals surface area contributed by atoms with E-state index in [1.165, 1.54) is 6.07 Å². The molecule has 5 atom stereocenters. The summed E-state index contributed by atoms with van der Waals surface area (Å²) < 4.78 is 48.0. The van der Waals surface area contributed by atoms with Gasteiger partial charge in [0.1, 0.15) is 36.3 Å². The van der Waals surface area contributed by atoms with Gasteiger partial charge in [0.05, 0.1) is 33.0 Å². The second-order valence-corrected chi connectivity index (χ2v) is 11.9. The van der Waals surface area contributed by atoms with Gasteiger partial charge in [-0.15, -0.1) is 0 Å². The van der Waals surface area contributed by atoms with Gasteiger partial charge in [-0.3, -0.25) is 0 Å². The molecule has 1 saturated heterocycles. The van der Waals surface area contributed by atoms with Gasteiger partial charge < -0.3 is 23.7 Å². The van der Waals surface area contributed by atoms with Crippen LogP contribution in [0, 0.1) is 12.7 Å². The van der Waals surface area contributed by atoms with Crippen molar-refractivity contribution in [2.75, 3.05) is 6.61 Å². The van der Waals surface area contributed by atoms with Crippen LogP contribution in [0.15, 0.2) is 140 Å². The van der Waals surface area contributed by atoms with Crippen molar-refractivity contribution in [2.45, 2.75) is 63.9 Å². The molecule has 5 aromatic rings. The molecule has 6 rings (SSSR count). The normalized spacial score (nSPS) is 21.0. The van der Waals surface area contributed by atoms with E-state index in [2.05, 4.69) is 0 Å². The first-order valence-corrected chi connectivity index (χ1v) is 16.1. The van der Waals surface area contributed by atoms with Gasteiger partial charge >= 0.3 is 0 Å². The van der Waals surface area contributed by atoms with Crippen molar-refractivity contribution < 1.29 is 28.1 Å². The molecule has 0 spiro atoms. The first kappa shape index (κ1) is 32.8. The van der Waals surface area contributed by atoms with Gasteiger partial charge in [0.2, 0.25) is 0 Å². The molecule has 6 heteroatoms. The van der Waals surface area contributed by atoms with Crippen LogP contribution in [0.5, 0.6) is 0 Å². The topological polar surface area (TPSA) is 46.2 Å². The van der Waals surface area contributed by atoms with Crippen LogP contribution in [0.25, 0.3) is 0 Å². The standard InChI is InChI=1S/C41H41FO5/c1-30-24-35(22-23-36(30)42)38-40(45-27-33-18-10-4-11-19-33)41(46-28-34-20-12-5-13-21-34)39(44-26-32-16-8-3-9-17-32)37(47-38)29-43-25-31-14-6-2-7-15-31/h2-24,37-41H,25-29H2,1H3/t37-,38-,39-,40-,41+/m1/s1. The van der Waals surface area contributed by atoms with E-state index in [1.54, 1.807) is 13.0 Å². The molecule has 47 heavy (non-hydrogen) atoms. The molecule has 0 radical (unpaired) electrons. The van der Waals surface area contributed by atoms with Gasteiger partial charge in [0.15, 0.2) is 0 Å². The third-order valence-corrected chi connectivity index (χ3v) is 8.39. The summed E-state index contributed by atoms with van der Waals surface area (Å²) in [4.78, 5) is 0. The minimum absolute atomic E-state index is 0.266. The summed E-state index contributed by atoms with van der Waals surface area (Å²) in [5.74, 6) is -0.269. The van der Waals surface area contributed by atoms with Crippen LogP contribution in [0.4, 0.5) is 4.39 Å². The van der Waals surface area contributed by atoms with E-state index in [1.807, 2.05) is 127 Å². The van der Waals surface area contributed by atoms with E-state index >= 15 is 0 Å². The SMILES string of the molecule is Cc1cc([C@H]2O[C@H](COCc3ccccc3)[C@@H](OCc3ccccc3)[C@H](OCc3ccccc3)[C@@H]2OCc2ccccc2)ccc1F. The number of ether oxygens (including phenoxy) is 5. The smallest absolute Gasteiger partial charge is 0.126 e. The van der Waals surface area contributed by atoms with Crippen LogP contribution in [-0.4, -0.2) is 31.0 Å². The molecule has 0 saturated carbocycles. The molecule has 1 fully saturated rings. The maximum atomic E-state index is 14.5. The third-order valence-electron chi connectivity index (χ3n) is 8.39. The third kappa shape index (κ3) is 9.01. The van der Waals surface area contributed by atoms with Crippen molar-refractivity contribution >= 4 is 0 Å². The molecule has 0 bridgehead atoms. The predicted molar refractivity (Wildman–Crippen MR) is 180 cm³/mol. The Morgan fingerprint density at radius 2 is 0.979 bits per heavy atom. The molecule has 0 amide bonds. The zero-order chi connectivity index (χ0) is 32.3. The molecule has 0 aliphatic carbocycles. The molecule has 0 N–H and O–H groups in total. The Balaban J connectivity index is 1.35. The van der Waals surface area contributed by atoms with Gasteiger partial charge in [-0.2, -0.15) is 0 Å². The van der Waals surface area contributed by atoms with Gasteiger partial charge in [-0.1, -0.05) is 133 Å². The number of aryl methyl sites for hydroxylation is 1. The summed E-state index contributed by atoms with van der Waals surface area (Å²) in [5.41, 5.74) is 5.51. The molecule has 1 aliphatic rings. The monoisotopic (exact) mass is 632 g/mol. The zero-order valence-corrected chi connectivity index (χ0v) is 26.6. The Labute approximate surface area is 276 Å². The summed E-state index contributed by atoms with van der Waals surface area (Å²) in [6, 6.07) is 45.3. The maximum Gasteiger partial charge on any atom is 0.126 e. The minimum atomic E-state index is -0.574. The first-order valence-electron chi connectivity index (χ1n) is 16.1. The van der Waals surface area contributed by atoms with Crippen LogP contribution in [-0.2, 0) is 50.1 Å². The van der Waals surface area contributed by atoms with Crippen molar-refractivity contribution in [3.8, 4) is 0 Å². The lowest BCUT2D eigenvalue weighted by Gasteiger charge is -2.46. The van der Waals surface area contributed by atoms with Crippen molar-refractivity contribution in [3.05, 3.63) is 179 Å². The van der Waals surface area contributed by atoms with E-state index < -0.39 is 30.5 Å². The minimum Gasteiger partial charge on any atom is -0.374 e. The fourth-order valence-electron chi connectivity index (χ4n) is 5.90. The van der Waals surface area contributed by atoms with E-state index in [-0.39, 0.29) is 12.4 Å². The Morgan fingerprint density at radius 1 is 0.532 bits per heavy atom. The van der Waals surface area contributed by atoms with E-state index in [0.717, 1.165) is 27.8 Å². The summed E-state index contributed by atoms with van der Waals surface area (Å²) in [6.07, 6.45) is -2.73. The van der Waals surface area contributed by atoms with E-state index in [0.29, 0.717) is 32.0 Å². The highest BCUT2D eigenvalue weighted by Gasteiger charge is 2.49. The lowest BCUT2D eigenvalue weighted by atomic mass is 9.89. The number of rotatable bonds is 14. The molecule has 1 heterocycles. The number of halogens is 1. The van der Waals surface area contributed by atoms with Crippen LogP contribution in [0.3, 0.4) is 0 Å². The summed E-state index contributed by atoms with van der Waals surface area (Å²) in [5, 5.41) is 0. The maximum absolute atomic E-state index is 14.5. The van der Waals surface area contributed by atoms with Gasteiger partial charge in [0.25, 0.3) is 0 Å². The number of hydrogen-bond donors (Lipinski definition) is 0. The molecular weight excluding hydrogens is 591 g/mol. The Hall–Kier alpha value is -4.17. The summed E-state index contributed by atoms with van der Waals surface area (Å²) in [7, 11) is 0. The fraction of sp³-hybridized carbons (Fsp3) is 0.268. The van der Waals surface area contributed by atoms with Gasteiger partial charge in [-0.25, -0.2) is 4.39 Å². The van der Waals surface area contributed by atoms with Gasteiger partial charge in [0, 0.05) is 0 Å². The first-order chi connectivity index (χ1) is 23.1. The second kappa shape index (κ2) is 16.6. The van der Waals surface area contributed by atoms with Gasteiger partial charge in [-0.05, 0) is 46.4 Å². The average Bonchev–Trinajstić information content (AvgIpc) is 3.12. The lowest BCUT2D eigenvalue weighted by molar-refractivity contribution is -0.275. The molecule has 0 unspecified atom stereocenters. The Kier molecular flexibility index (Phi) is 11.6. The number of hydrogen-bond acceptors (Lipinski definition) is 5. The Bertz CT molecular complexity index is 1630. The molecule has 5 aromatic carbocycles. The van der Waals surface area contributed by atoms with E-state index in [9.17, 15) is 4.39 Å². The highest BCUT2D eigenvalue weighted by atomic mass is 19.1. The van der Waals surface area contributed by atoms with Crippen LogP contribution >= 0.6 is 0 Å². The average molecular weight is 633 g/mol.